The standard InChI is InChI=1S/C21H24N2O5/c1-21(18-10-5-11-27-18)19(25)23(20(26)22-21)12-15(24)13-28-17-9-4-7-14-6-2-3-8-16(14)17/h2-3,5-6,8,10-11,15,17,24H,4,7,9,12-13H2,1H3,(H,22,26)/t15-,17+,21-/m1/s1. The van der Waals surface area contributed by atoms with Crippen molar-refractivity contribution in [3.8, 4) is 0 Å². The molecule has 3 atom stereocenters. The van der Waals surface area contributed by atoms with Gasteiger partial charge >= 0.3 is 6.03 Å². The number of nitrogens with zero attached hydrogens (tertiary/aromatic N) is 1. The summed E-state index contributed by atoms with van der Waals surface area (Å²) >= 11 is 0. The van der Waals surface area contributed by atoms with Crippen molar-refractivity contribution in [2.75, 3.05) is 13.2 Å². The number of β-amino-alcohol motifs (C(OH)–C–C–N with tert-alkyl or cyclic N) is 1. The lowest BCUT2D eigenvalue weighted by molar-refractivity contribution is -0.133. The summed E-state index contributed by atoms with van der Waals surface area (Å²) in [6.45, 7) is 1.51. The Kier molecular flexibility index (Phi) is 4.95. The van der Waals surface area contributed by atoms with E-state index in [0.717, 1.165) is 29.7 Å². The van der Waals surface area contributed by atoms with E-state index in [4.69, 9.17) is 9.15 Å². The Hall–Kier alpha value is -2.64. The van der Waals surface area contributed by atoms with Gasteiger partial charge in [0.1, 0.15) is 5.76 Å². The van der Waals surface area contributed by atoms with Crippen LogP contribution in [-0.2, 0) is 21.5 Å². The predicted molar refractivity (Wildman–Crippen MR) is 100 cm³/mol. The minimum absolute atomic E-state index is 0.0491. The molecular weight excluding hydrogens is 360 g/mol. The number of hydrogen-bond acceptors (Lipinski definition) is 5. The number of carbonyl (C=O) groups excluding carboxylic acids is 2. The molecule has 0 radical (unpaired) electrons. The molecule has 4 rings (SSSR count). The van der Waals surface area contributed by atoms with Crippen LogP contribution in [0, 0.1) is 0 Å². The van der Waals surface area contributed by atoms with Gasteiger partial charge in [-0.1, -0.05) is 24.3 Å². The lowest BCUT2D eigenvalue weighted by Gasteiger charge is -2.27. The van der Waals surface area contributed by atoms with Gasteiger partial charge in [0.15, 0.2) is 5.54 Å². The van der Waals surface area contributed by atoms with Crippen LogP contribution in [0.15, 0.2) is 47.1 Å². The smallest absolute Gasteiger partial charge is 0.325 e. The molecule has 2 N–H and O–H groups in total. The molecular formula is C21H24N2O5. The van der Waals surface area contributed by atoms with Crippen LogP contribution in [-0.4, -0.2) is 41.2 Å². The zero-order valence-electron chi connectivity index (χ0n) is 15.8. The number of rotatable bonds is 6. The first-order valence-electron chi connectivity index (χ1n) is 9.54. The van der Waals surface area contributed by atoms with Gasteiger partial charge in [-0.05, 0) is 49.4 Å². The summed E-state index contributed by atoms with van der Waals surface area (Å²) in [5, 5.41) is 13.1. The minimum Gasteiger partial charge on any atom is -0.466 e. The Labute approximate surface area is 163 Å². The van der Waals surface area contributed by atoms with E-state index in [1.54, 1.807) is 19.1 Å². The van der Waals surface area contributed by atoms with Gasteiger partial charge in [-0.25, -0.2) is 4.79 Å². The van der Waals surface area contributed by atoms with Crippen molar-refractivity contribution >= 4 is 11.9 Å². The summed E-state index contributed by atoms with van der Waals surface area (Å²) in [6.07, 6.45) is 3.37. The van der Waals surface area contributed by atoms with E-state index in [-0.39, 0.29) is 19.3 Å². The van der Waals surface area contributed by atoms with E-state index in [9.17, 15) is 14.7 Å². The van der Waals surface area contributed by atoms with Gasteiger partial charge in [0, 0.05) is 0 Å². The molecule has 1 aliphatic carbocycles. The average Bonchev–Trinajstić information content (AvgIpc) is 3.31. The molecule has 2 aromatic rings. The molecule has 1 saturated heterocycles. The molecule has 148 valence electrons. The van der Waals surface area contributed by atoms with Crippen LogP contribution in [0.3, 0.4) is 0 Å². The number of furan rings is 1. The van der Waals surface area contributed by atoms with Crippen LogP contribution in [0.1, 0.15) is 42.8 Å². The van der Waals surface area contributed by atoms with Crippen LogP contribution in [0.5, 0.6) is 0 Å². The highest BCUT2D eigenvalue weighted by Gasteiger charge is 2.51. The van der Waals surface area contributed by atoms with Gasteiger partial charge < -0.3 is 19.6 Å². The Morgan fingerprint density at radius 3 is 2.93 bits per heavy atom. The fourth-order valence-electron chi connectivity index (χ4n) is 3.97. The summed E-state index contributed by atoms with van der Waals surface area (Å²) < 4.78 is 11.2. The fourth-order valence-corrected chi connectivity index (χ4v) is 3.97. The molecule has 0 saturated carbocycles. The second kappa shape index (κ2) is 7.41. The molecule has 1 aromatic heterocycles. The largest absolute Gasteiger partial charge is 0.466 e. The molecule has 1 aromatic carbocycles. The summed E-state index contributed by atoms with van der Waals surface area (Å²) in [5.41, 5.74) is 1.17. The molecule has 7 nitrogen and oxygen atoms in total. The number of benzene rings is 1. The van der Waals surface area contributed by atoms with Crippen molar-refractivity contribution in [1.82, 2.24) is 10.2 Å². The average molecular weight is 384 g/mol. The van der Waals surface area contributed by atoms with Crippen molar-refractivity contribution in [2.24, 2.45) is 0 Å². The topological polar surface area (TPSA) is 92.0 Å². The van der Waals surface area contributed by atoms with E-state index < -0.39 is 23.6 Å². The fraction of sp³-hybridized carbons (Fsp3) is 0.429. The summed E-state index contributed by atoms with van der Waals surface area (Å²) in [7, 11) is 0. The number of amides is 3. The van der Waals surface area contributed by atoms with Gasteiger partial charge in [0.2, 0.25) is 0 Å². The number of aliphatic hydroxyl groups excluding tert-OH is 1. The highest BCUT2D eigenvalue weighted by atomic mass is 16.5. The van der Waals surface area contributed by atoms with Crippen LogP contribution < -0.4 is 5.32 Å². The van der Waals surface area contributed by atoms with Gasteiger partial charge in [-0.3, -0.25) is 9.69 Å². The molecule has 2 aliphatic rings. The van der Waals surface area contributed by atoms with Gasteiger partial charge in [-0.2, -0.15) is 0 Å². The van der Waals surface area contributed by atoms with Crippen molar-refractivity contribution in [3.63, 3.8) is 0 Å². The first kappa shape index (κ1) is 18.7. The number of ether oxygens (including phenoxy) is 1. The van der Waals surface area contributed by atoms with E-state index in [0.29, 0.717) is 5.76 Å². The number of hydrogen-bond donors (Lipinski definition) is 2. The maximum atomic E-state index is 12.8. The van der Waals surface area contributed by atoms with Gasteiger partial charge in [-0.15, -0.1) is 0 Å². The van der Waals surface area contributed by atoms with E-state index in [2.05, 4.69) is 17.4 Å². The second-order valence-electron chi connectivity index (χ2n) is 7.52. The molecule has 0 unspecified atom stereocenters. The van der Waals surface area contributed by atoms with Crippen LogP contribution in [0.2, 0.25) is 0 Å². The zero-order valence-corrected chi connectivity index (χ0v) is 15.8. The van der Waals surface area contributed by atoms with Crippen LogP contribution in [0.25, 0.3) is 0 Å². The molecule has 0 spiro atoms. The first-order chi connectivity index (χ1) is 13.5. The van der Waals surface area contributed by atoms with E-state index in [1.807, 2.05) is 12.1 Å². The minimum atomic E-state index is -1.26. The summed E-state index contributed by atoms with van der Waals surface area (Å²) in [6, 6.07) is 10.9. The number of carbonyl (C=O) groups is 2. The zero-order chi connectivity index (χ0) is 19.7. The lowest BCUT2D eigenvalue weighted by Crippen LogP contribution is -2.42. The first-order valence-corrected chi connectivity index (χ1v) is 9.54. The van der Waals surface area contributed by atoms with Crippen molar-refractivity contribution in [2.45, 2.75) is 43.9 Å². The quantitative estimate of drug-likeness (QED) is 0.747. The maximum Gasteiger partial charge on any atom is 0.325 e. The number of aliphatic hydroxyl groups is 1. The van der Waals surface area contributed by atoms with Crippen molar-refractivity contribution < 1.29 is 23.8 Å². The van der Waals surface area contributed by atoms with E-state index in [1.165, 1.54) is 11.8 Å². The number of urea groups is 1. The van der Waals surface area contributed by atoms with Crippen LogP contribution in [0.4, 0.5) is 4.79 Å². The molecule has 1 aliphatic heterocycles. The van der Waals surface area contributed by atoms with Crippen molar-refractivity contribution in [3.05, 3.63) is 59.5 Å². The van der Waals surface area contributed by atoms with Crippen molar-refractivity contribution in [1.29, 1.82) is 0 Å². The molecule has 3 amide bonds. The van der Waals surface area contributed by atoms with Gasteiger partial charge in [0.05, 0.1) is 31.6 Å². The SMILES string of the molecule is C[C@]1(c2ccco2)NC(=O)N(C[C@@H](O)CO[C@H]2CCCc3ccccc32)C1=O. The normalized spacial score (nSPS) is 25.5. The Bertz CT molecular complexity index is 865. The highest BCUT2D eigenvalue weighted by Crippen LogP contribution is 2.33. The maximum absolute atomic E-state index is 12.8. The molecule has 28 heavy (non-hydrogen) atoms. The Morgan fingerprint density at radius 1 is 1.32 bits per heavy atom. The number of aryl methyl sites for hydroxylation is 1. The highest BCUT2D eigenvalue weighted by molar-refractivity contribution is 6.06. The molecule has 2 heterocycles. The van der Waals surface area contributed by atoms with Gasteiger partial charge in [0.25, 0.3) is 5.91 Å². The third-order valence-corrected chi connectivity index (χ3v) is 5.49. The third kappa shape index (κ3) is 3.31. The summed E-state index contributed by atoms with van der Waals surface area (Å²) in [4.78, 5) is 26.1. The second-order valence-corrected chi connectivity index (χ2v) is 7.52. The number of fused-ring (bicyclic) bond motifs is 1. The van der Waals surface area contributed by atoms with Crippen LogP contribution >= 0.6 is 0 Å². The predicted octanol–water partition coefficient (Wildman–Crippen LogP) is 2.50. The molecule has 7 heteroatoms. The Balaban J connectivity index is 1.38. The lowest BCUT2D eigenvalue weighted by atomic mass is 9.89. The third-order valence-electron chi connectivity index (χ3n) is 5.49. The molecule has 0 bridgehead atoms. The molecule has 1 fully saturated rings. The Morgan fingerprint density at radius 2 is 2.14 bits per heavy atom. The van der Waals surface area contributed by atoms with E-state index >= 15 is 0 Å². The summed E-state index contributed by atoms with van der Waals surface area (Å²) in [5.74, 6) is -0.0904. The monoisotopic (exact) mass is 384 g/mol. The number of nitrogens with one attached hydrogen (secondary N) is 1. The number of imide groups is 1.